The fraction of sp³-hybridized carbons (Fsp3) is 0.0667. The summed E-state index contributed by atoms with van der Waals surface area (Å²) in [5.74, 6) is 1.59. The molecule has 1 aromatic heterocycles. The van der Waals surface area contributed by atoms with Crippen LogP contribution >= 0.6 is 9.47 Å². The Bertz CT molecular complexity index is 747. The Kier molecular flexibility index (Phi) is 3.48. The van der Waals surface area contributed by atoms with Crippen LogP contribution in [0.3, 0.4) is 0 Å². The number of aryl methyl sites for hydroxylation is 1. The topological polar surface area (TPSA) is 47.0 Å². The first kappa shape index (κ1) is 12.8. The van der Waals surface area contributed by atoms with Crippen molar-refractivity contribution < 1.29 is 4.52 Å². The zero-order valence-electron chi connectivity index (χ0n) is 11.0. The lowest BCUT2D eigenvalue weighted by molar-refractivity contribution is 0.641. The summed E-state index contributed by atoms with van der Waals surface area (Å²) in [6, 6.07) is 13.9. The van der Waals surface area contributed by atoms with Gasteiger partial charge in [-0.05, 0) is 30.7 Å². The Morgan fingerprint density at radius 2 is 1.90 bits per heavy atom. The van der Waals surface area contributed by atoms with E-state index in [4.69, 9.17) is 4.52 Å². The van der Waals surface area contributed by atoms with Crippen LogP contribution in [0, 0.1) is 6.92 Å². The maximum absolute atomic E-state index is 5.25. The van der Waals surface area contributed by atoms with E-state index in [-0.39, 0.29) is 0 Å². The Morgan fingerprint density at radius 3 is 2.65 bits per heavy atom. The number of para-hydroxylation sites is 1. The van der Waals surface area contributed by atoms with E-state index in [1.165, 1.54) is 0 Å². The van der Waals surface area contributed by atoms with Gasteiger partial charge in [-0.25, -0.2) is 9.97 Å². The van der Waals surface area contributed by atoms with Gasteiger partial charge in [-0.3, -0.25) is 0 Å². The Hall–Kier alpha value is -2.19. The SMILES string of the molecule is Cc1cc2c(Nc3ccccc3)ncnc2cc1OP. The van der Waals surface area contributed by atoms with Crippen molar-refractivity contribution in [2.45, 2.75) is 6.92 Å². The molecule has 5 heteroatoms. The number of hydrogen-bond acceptors (Lipinski definition) is 4. The van der Waals surface area contributed by atoms with Crippen LogP contribution in [0.2, 0.25) is 0 Å². The van der Waals surface area contributed by atoms with Crippen molar-refractivity contribution in [3.05, 3.63) is 54.4 Å². The van der Waals surface area contributed by atoms with Crippen molar-refractivity contribution in [1.29, 1.82) is 0 Å². The molecular weight excluding hydrogens is 269 g/mol. The lowest BCUT2D eigenvalue weighted by Gasteiger charge is -2.10. The molecule has 0 saturated carbocycles. The normalized spacial score (nSPS) is 10.5. The second kappa shape index (κ2) is 5.43. The van der Waals surface area contributed by atoms with Crippen LogP contribution in [0.15, 0.2) is 48.8 Å². The Balaban J connectivity index is 2.09. The quantitative estimate of drug-likeness (QED) is 0.742. The van der Waals surface area contributed by atoms with Crippen LogP contribution in [-0.2, 0) is 0 Å². The molecule has 0 aliphatic carbocycles. The number of nitrogens with one attached hydrogen (secondary N) is 1. The van der Waals surface area contributed by atoms with Gasteiger partial charge in [0, 0.05) is 17.1 Å². The Morgan fingerprint density at radius 1 is 1.10 bits per heavy atom. The second-order valence-electron chi connectivity index (χ2n) is 4.47. The van der Waals surface area contributed by atoms with Crippen LogP contribution < -0.4 is 9.84 Å². The third-order valence-electron chi connectivity index (χ3n) is 3.10. The molecule has 0 amide bonds. The van der Waals surface area contributed by atoms with Crippen LogP contribution in [0.4, 0.5) is 11.5 Å². The molecule has 1 unspecified atom stereocenters. The summed E-state index contributed by atoms with van der Waals surface area (Å²) in [6.45, 7) is 2.00. The van der Waals surface area contributed by atoms with E-state index in [9.17, 15) is 0 Å². The van der Waals surface area contributed by atoms with E-state index in [0.717, 1.165) is 33.7 Å². The van der Waals surface area contributed by atoms with E-state index >= 15 is 0 Å². The molecule has 0 fully saturated rings. The van der Waals surface area contributed by atoms with Crippen molar-refractivity contribution >= 4 is 31.9 Å². The number of rotatable bonds is 3. The number of fused-ring (bicyclic) bond motifs is 1. The van der Waals surface area contributed by atoms with Crippen molar-refractivity contribution in [3.63, 3.8) is 0 Å². The van der Waals surface area contributed by atoms with Gasteiger partial charge in [0.2, 0.25) is 0 Å². The maximum Gasteiger partial charge on any atom is 0.141 e. The molecule has 0 aliphatic rings. The lowest BCUT2D eigenvalue weighted by atomic mass is 10.1. The summed E-state index contributed by atoms with van der Waals surface area (Å²) in [7, 11) is 2.26. The molecule has 3 aromatic rings. The molecule has 1 atom stereocenters. The van der Waals surface area contributed by atoms with Gasteiger partial charge in [-0.15, -0.1) is 0 Å². The van der Waals surface area contributed by atoms with Gasteiger partial charge in [0.05, 0.1) is 15.0 Å². The van der Waals surface area contributed by atoms with Crippen LogP contribution in [0.25, 0.3) is 10.9 Å². The average Bonchev–Trinajstić information content (AvgIpc) is 2.48. The van der Waals surface area contributed by atoms with E-state index in [2.05, 4.69) is 24.8 Å². The van der Waals surface area contributed by atoms with Gasteiger partial charge >= 0.3 is 0 Å². The summed E-state index contributed by atoms with van der Waals surface area (Å²) in [6.07, 6.45) is 1.55. The molecule has 100 valence electrons. The predicted molar refractivity (Wildman–Crippen MR) is 84.3 cm³/mol. The van der Waals surface area contributed by atoms with Crippen molar-refractivity contribution in [3.8, 4) is 5.75 Å². The monoisotopic (exact) mass is 283 g/mol. The first-order chi connectivity index (χ1) is 9.78. The molecule has 0 saturated heterocycles. The van der Waals surface area contributed by atoms with Crippen molar-refractivity contribution in [2.75, 3.05) is 5.32 Å². The average molecular weight is 283 g/mol. The molecule has 1 heterocycles. The Labute approximate surface area is 119 Å². The summed E-state index contributed by atoms with van der Waals surface area (Å²) >= 11 is 0. The van der Waals surface area contributed by atoms with Gasteiger partial charge in [0.15, 0.2) is 0 Å². The van der Waals surface area contributed by atoms with E-state index < -0.39 is 0 Å². The van der Waals surface area contributed by atoms with Gasteiger partial charge in [0.25, 0.3) is 0 Å². The summed E-state index contributed by atoms with van der Waals surface area (Å²) in [5.41, 5.74) is 2.89. The molecule has 1 N–H and O–H groups in total. The van der Waals surface area contributed by atoms with Gasteiger partial charge in [0.1, 0.15) is 17.9 Å². The highest BCUT2D eigenvalue weighted by Gasteiger charge is 2.08. The van der Waals surface area contributed by atoms with Gasteiger partial charge in [-0.2, -0.15) is 0 Å². The maximum atomic E-state index is 5.25. The summed E-state index contributed by atoms with van der Waals surface area (Å²) in [4.78, 5) is 8.62. The van der Waals surface area contributed by atoms with Crippen molar-refractivity contribution in [1.82, 2.24) is 9.97 Å². The van der Waals surface area contributed by atoms with E-state index in [0.29, 0.717) is 0 Å². The first-order valence-corrected chi connectivity index (χ1v) is 6.69. The molecule has 2 aromatic carbocycles. The standard InChI is InChI=1S/C15H14N3OP/c1-10-7-12-13(8-14(10)19-20)16-9-17-15(12)18-11-5-3-2-4-6-11/h2-9H,20H2,1H3,(H,16,17,18). The highest BCUT2D eigenvalue weighted by Crippen LogP contribution is 2.29. The van der Waals surface area contributed by atoms with Gasteiger partial charge in [-0.1, -0.05) is 18.2 Å². The summed E-state index contributed by atoms with van der Waals surface area (Å²) in [5, 5.41) is 4.29. The second-order valence-corrected chi connectivity index (χ2v) is 4.70. The highest BCUT2D eigenvalue weighted by atomic mass is 31.0. The zero-order chi connectivity index (χ0) is 13.9. The summed E-state index contributed by atoms with van der Waals surface area (Å²) < 4.78 is 5.25. The molecule has 0 spiro atoms. The number of nitrogens with zero attached hydrogens (tertiary/aromatic N) is 2. The first-order valence-electron chi connectivity index (χ1n) is 6.22. The number of anilines is 2. The third kappa shape index (κ3) is 2.43. The third-order valence-corrected chi connectivity index (χ3v) is 3.35. The number of hydrogen-bond donors (Lipinski definition) is 1. The molecule has 0 radical (unpaired) electrons. The highest BCUT2D eigenvalue weighted by molar-refractivity contribution is 7.10. The number of aromatic nitrogens is 2. The smallest absolute Gasteiger partial charge is 0.141 e. The molecule has 4 nitrogen and oxygen atoms in total. The number of benzene rings is 2. The fourth-order valence-corrected chi connectivity index (χ4v) is 2.33. The van der Waals surface area contributed by atoms with Gasteiger partial charge < -0.3 is 9.84 Å². The minimum absolute atomic E-state index is 0.791. The fourth-order valence-electron chi connectivity index (χ4n) is 2.08. The molecule has 3 rings (SSSR count). The molecular formula is C15H14N3OP. The zero-order valence-corrected chi connectivity index (χ0v) is 12.2. The minimum atomic E-state index is 0.791. The lowest BCUT2D eigenvalue weighted by Crippen LogP contribution is -1.96. The van der Waals surface area contributed by atoms with Crippen LogP contribution in [-0.4, -0.2) is 9.97 Å². The van der Waals surface area contributed by atoms with E-state index in [1.807, 2.05) is 49.4 Å². The molecule has 0 aliphatic heterocycles. The van der Waals surface area contributed by atoms with Crippen LogP contribution in [0.1, 0.15) is 5.56 Å². The van der Waals surface area contributed by atoms with Crippen molar-refractivity contribution in [2.24, 2.45) is 0 Å². The minimum Gasteiger partial charge on any atom is -0.480 e. The largest absolute Gasteiger partial charge is 0.480 e. The van der Waals surface area contributed by atoms with Crippen LogP contribution in [0.5, 0.6) is 5.75 Å². The van der Waals surface area contributed by atoms with E-state index in [1.54, 1.807) is 6.33 Å². The molecule has 0 bridgehead atoms. The molecule has 20 heavy (non-hydrogen) atoms. The predicted octanol–water partition coefficient (Wildman–Crippen LogP) is 3.85.